The summed E-state index contributed by atoms with van der Waals surface area (Å²) in [6.45, 7) is 13.7. The van der Waals surface area contributed by atoms with Crippen molar-refractivity contribution < 1.29 is 52.9 Å². The van der Waals surface area contributed by atoms with Crippen LogP contribution in [0.5, 0.6) is 0 Å². The number of esters is 1. The average Bonchev–Trinajstić information content (AvgIpc) is 3.84. The Morgan fingerprint density at radius 3 is 2.43 bits per heavy atom. The van der Waals surface area contributed by atoms with Crippen LogP contribution in [0.3, 0.4) is 0 Å². The van der Waals surface area contributed by atoms with Crippen molar-refractivity contribution in [3.63, 3.8) is 0 Å². The summed E-state index contributed by atoms with van der Waals surface area (Å²) in [4.78, 5) is 58.4. The van der Waals surface area contributed by atoms with Crippen molar-refractivity contribution in [1.82, 2.24) is 10.1 Å². The molecule has 4 aliphatic rings. The number of Topliss-reactive ketones (excluding diaryl/α,β-unsaturated/α-hetero) is 2. The van der Waals surface area contributed by atoms with Gasteiger partial charge in [0, 0.05) is 44.7 Å². The molecule has 1 aliphatic carbocycles. The highest BCUT2D eigenvalue weighted by molar-refractivity contribution is 6.39. The zero-order valence-corrected chi connectivity index (χ0v) is 42.1. The minimum absolute atomic E-state index is 0.0439. The van der Waals surface area contributed by atoms with Crippen LogP contribution in [0.15, 0.2) is 64.4 Å². The SMILES string of the molecule is COC1CC(C[C@@H](C)[C@@H]2CC[C@H](N)/C=C(\C)C(O)[C@@H](OC)C(=O)C(C)C[C@H](C)/C=C/C=C/C=C(\C)CC(Nc3ccno3)[C@@H]3CCC(C)C(O)(O3)C(=O)C(=O)N3CCCCC3C(=O)O2)CC[C@H]1C. The number of carbonyl (C=O) groups excluding carboxylic acids is 4. The predicted molar refractivity (Wildman–Crippen MR) is 260 cm³/mol. The number of aliphatic hydroxyl groups excluding tert-OH is 1. The molecule has 2 bridgehead atoms. The van der Waals surface area contributed by atoms with Gasteiger partial charge in [0.25, 0.3) is 11.7 Å². The van der Waals surface area contributed by atoms with Crippen LogP contribution in [0.1, 0.15) is 132 Å². The van der Waals surface area contributed by atoms with E-state index in [1.165, 1.54) is 18.2 Å². The molecule has 0 radical (unpaired) electrons. The first kappa shape index (κ1) is 54.9. The summed E-state index contributed by atoms with van der Waals surface area (Å²) < 4.78 is 29.7. The van der Waals surface area contributed by atoms with E-state index in [1.54, 1.807) is 33.1 Å². The maximum absolute atomic E-state index is 14.5. The van der Waals surface area contributed by atoms with Gasteiger partial charge in [-0.15, -0.1) is 0 Å². The molecule has 5 rings (SSSR count). The molecule has 15 heteroatoms. The Morgan fingerprint density at radius 2 is 1.72 bits per heavy atom. The second-order valence-electron chi connectivity index (χ2n) is 20.7. The number of nitrogens with two attached hydrogens (primary N) is 1. The summed E-state index contributed by atoms with van der Waals surface area (Å²) >= 11 is 0. The van der Waals surface area contributed by atoms with Crippen LogP contribution in [0.25, 0.3) is 0 Å². The van der Waals surface area contributed by atoms with E-state index in [0.717, 1.165) is 31.3 Å². The highest BCUT2D eigenvalue weighted by atomic mass is 16.6. The molecule has 15 nitrogen and oxygen atoms in total. The van der Waals surface area contributed by atoms with Gasteiger partial charge in [-0.2, -0.15) is 0 Å². The highest BCUT2D eigenvalue weighted by Gasteiger charge is 2.54. The number of aliphatic hydroxyl groups is 2. The van der Waals surface area contributed by atoms with E-state index in [-0.39, 0.29) is 30.3 Å². The van der Waals surface area contributed by atoms with Gasteiger partial charge >= 0.3 is 5.97 Å². The normalized spacial score (nSPS) is 39.1. The second-order valence-corrected chi connectivity index (χ2v) is 20.7. The number of rotatable bonds is 7. The Hall–Kier alpha value is -3.99. The minimum Gasteiger partial charge on any atom is -0.461 e. The van der Waals surface area contributed by atoms with Gasteiger partial charge in [-0.25, -0.2) is 4.79 Å². The van der Waals surface area contributed by atoms with E-state index in [2.05, 4.69) is 24.3 Å². The van der Waals surface area contributed by atoms with Crippen LogP contribution in [0.4, 0.5) is 5.88 Å². The smallest absolute Gasteiger partial charge is 0.329 e. The Morgan fingerprint density at radius 1 is 0.956 bits per heavy atom. The van der Waals surface area contributed by atoms with Crippen molar-refractivity contribution in [2.75, 3.05) is 26.1 Å². The number of carbonyl (C=O) groups is 4. The Kier molecular flexibility index (Phi) is 20.8. The standard InChI is InChI=1S/C53H82N4O11/c1-32-15-11-10-12-16-33(2)28-41(56-46-24-25-55-68-46)44-22-19-38(7)53(63,67-44)50(60)51(61)57-26-14-13-17-42(57)52(62)66-43(35(4)29-39-20-18-34(3)45(31-39)64-8)23-21-40(54)30-37(6)48(59)49(65-9)47(58)36(5)27-32/h10-12,15-16,24-25,30,32,34-36,38-45,48-49,56,59,63H,13-14,17-23,26-29,31,54H2,1-9H3/b12-10+,15-11+,33-16+,37-30+/t32-,34-,35-,36?,38?,39?,40+,41?,42?,43+,44+,45?,48?,49+,53?/m1/s1. The van der Waals surface area contributed by atoms with Gasteiger partial charge in [0.15, 0.2) is 5.78 Å². The number of ether oxygens (including phenoxy) is 4. The first-order valence-electron chi connectivity index (χ1n) is 25.2. The van der Waals surface area contributed by atoms with Crippen LogP contribution >= 0.6 is 0 Å². The number of amides is 1. The number of hydrogen-bond acceptors (Lipinski definition) is 14. The molecule has 3 aliphatic heterocycles. The van der Waals surface area contributed by atoms with E-state index in [0.29, 0.717) is 81.1 Å². The maximum Gasteiger partial charge on any atom is 0.329 e. The third-order valence-corrected chi connectivity index (χ3v) is 15.1. The van der Waals surface area contributed by atoms with E-state index >= 15 is 0 Å². The molecule has 3 fully saturated rings. The lowest BCUT2D eigenvalue weighted by atomic mass is 9.76. The van der Waals surface area contributed by atoms with Crippen LogP contribution in [-0.2, 0) is 38.1 Å². The van der Waals surface area contributed by atoms with Gasteiger partial charge in [0.05, 0.1) is 24.4 Å². The third-order valence-electron chi connectivity index (χ3n) is 15.1. The molecular weight excluding hydrogens is 869 g/mol. The predicted octanol–water partition coefficient (Wildman–Crippen LogP) is 7.42. The number of anilines is 1. The van der Waals surface area contributed by atoms with Gasteiger partial charge in [-0.3, -0.25) is 14.4 Å². The molecule has 5 N–H and O–H groups in total. The Labute approximate surface area is 404 Å². The number of piperidine rings is 1. The first-order chi connectivity index (χ1) is 32.4. The Bertz CT molecular complexity index is 1930. The highest BCUT2D eigenvalue weighted by Crippen LogP contribution is 2.39. The molecule has 15 atom stereocenters. The third kappa shape index (κ3) is 14.5. The van der Waals surface area contributed by atoms with Crippen LogP contribution in [0.2, 0.25) is 0 Å². The minimum atomic E-state index is -2.46. The molecule has 380 valence electrons. The van der Waals surface area contributed by atoms with Gasteiger partial charge < -0.3 is 49.6 Å². The van der Waals surface area contributed by atoms with E-state index in [1.807, 2.05) is 51.2 Å². The van der Waals surface area contributed by atoms with Gasteiger partial charge in [0.2, 0.25) is 11.7 Å². The summed E-state index contributed by atoms with van der Waals surface area (Å²) in [5, 5.41) is 30.8. The zero-order chi connectivity index (χ0) is 49.7. The van der Waals surface area contributed by atoms with Crippen molar-refractivity contribution in [3.8, 4) is 0 Å². The monoisotopic (exact) mass is 951 g/mol. The lowest BCUT2D eigenvalue weighted by molar-refractivity contribution is -0.264. The molecular formula is C53H82N4O11. The number of nitrogens with one attached hydrogen (secondary N) is 1. The van der Waals surface area contributed by atoms with E-state index in [9.17, 15) is 29.4 Å². The van der Waals surface area contributed by atoms with Gasteiger partial charge in [-0.1, -0.05) is 81.8 Å². The second kappa shape index (κ2) is 25.7. The van der Waals surface area contributed by atoms with Crippen molar-refractivity contribution in [2.45, 2.75) is 186 Å². The molecule has 68 heavy (non-hydrogen) atoms. The number of ketones is 2. The summed E-state index contributed by atoms with van der Waals surface area (Å²) in [7, 11) is 3.18. The molecule has 1 amide bonds. The van der Waals surface area contributed by atoms with E-state index in [4.69, 9.17) is 29.2 Å². The molecule has 2 saturated heterocycles. The Balaban J connectivity index is 1.47. The fourth-order valence-electron chi connectivity index (χ4n) is 10.8. The molecule has 1 aromatic heterocycles. The number of aromatic nitrogens is 1. The van der Waals surface area contributed by atoms with Crippen LogP contribution in [0, 0.1) is 35.5 Å². The average molecular weight is 951 g/mol. The van der Waals surface area contributed by atoms with E-state index < -0.39 is 77.8 Å². The number of allylic oxidation sites excluding steroid dienone is 5. The largest absolute Gasteiger partial charge is 0.461 e. The fourth-order valence-corrected chi connectivity index (χ4v) is 10.8. The number of cyclic esters (lactones) is 1. The topological polar surface area (TPSA) is 213 Å². The lowest BCUT2D eigenvalue weighted by Gasteiger charge is -2.44. The van der Waals surface area contributed by atoms with Crippen molar-refractivity contribution in [3.05, 3.63) is 59.9 Å². The lowest BCUT2D eigenvalue weighted by Crippen LogP contribution is -2.62. The number of nitrogens with zero attached hydrogens (tertiary/aromatic N) is 2. The summed E-state index contributed by atoms with van der Waals surface area (Å²) in [5.74, 6) is -5.34. The maximum atomic E-state index is 14.5. The molecule has 1 aromatic rings. The zero-order valence-electron chi connectivity index (χ0n) is 42.1. The molecule has 0 aromatic carbocycles. The van der Waals surface area contributed by atoms with Gasteiger partial charge in [-0.05, 0) is 127 Å². The number of methoxy groups -OCH3 is 2. The fraction of sp³-hybridized carbons (Fsp3) is 0.717. The molecule has 4 heterocycles. The van der Waals surface area contributed by atoms with Crippen LogP contribution in [-0.4, -0.2) is 119 Å². The summed E-state index contributed by atoms with van der Waals surface area (Å²) in [5.41, 5.74) is 8.18. The summed E-state index contributed by atoms with van der Waals surface area (Å²) in [6, 6.07) is -0.420. The van der Waals surface area contributed by atoms with Crippen molar-refractivity contribution in [1.29, 1.82) is 0 Å². The summed E-state index contributed by atoms with van der Waals surface area (Å²) in [6.07, 6.45) is 17.4. The molecule has 0 spiro atoms. The van der Waals surface area contributed by atoms with Crippen molar-refractivity contribution in [2.24, 2.45) is 41.2 Å². The first-order valence-corrected chi connectivity index (χ1v) is 25.2. The molecule has 1 saturated carbocycles. The van der Waals surface area contributed by atoms with Crippen molar-refractivity contribution >= 4 is 29.3 Å². The van der Waals surface area contributed by atoms with Crippen LogP contribution < -0.4 is 11.1 Å². The number of fused-ring (bicyclic) bond motifs is 3. The van der Waals surface area contributed by atoms with Gasteiger partial charge in [0.1, 0.15) is 24.4 Å². The molecule has 8 unspecified atom stereocenters. The quantitative estimate of drug-likeness (QED) is 0.119. The number of hydrogen-bond donors (Lipinski definition) is 4.